The lowest BCUT2D eigenvalue weighted by molar-refractivity contribution is -0.0594. The van der Waals surface area contributed by atoms with Crippen LogP contribution < -0.4 is 4.90 Å². The van der Waals surface area contributed by atoms with Gasteiger partial charge in [0.25, 0.3) is 0 Å². The van der Waals surface area contributed by atoms with Gasteiger partial charge in [-0.05, 0) is 86.3 Å². The first-order valence-corrected chi connectivity index (χ1v) is 12.4. The minimum Gasteiger partial charge on any atom is -0.510 e. The Labute approximate surface area is 218 Å². The van der Waals surface area contributed by atoms with Gasteiger partial charge in [-0.2, -0.15) is 0 Å². The number of hydrogen-bond acceptors (Lipinski definition) is 4. The molecule has 1 aromatic heterocycles. The van der Waals surface area contributed by atoms with Crippen LogP contribution in [0, 0.1) is 6.92 Å². The van der Waals surface area contributed by atoms with Gasteiger partial charge in [-0.15, -0.1) is 0 Å². The third-order valence-electron chi connectivity index (χ3n) is 6.06. The number of aromatic nitrogens is 1. The van der Waals surface area contributed by atoms with Crippen LogP contribution in [0.4, 0.5) is 5.69 Å². The summed E-state index contributed by atoms with van der Waals surface area (Å²) in [5, 5.41) is 12.3. The number of pyridine rings is 1. The average Bonchev–Trinajstić information content (AvgIpc) is 2.82. The highest BCUT2D eigenvalue weighted by molar-refractivity contribution is 6.30. The number of aliphatic hydroxyl groups excluding tert-OH is 1. The molecule has 1 heterocycles. The summed E-state index contributed by atoms with van der Waals surface area (Å²) in [6.45, 7) is 12.5. The van der Waals surface area contributed by atoms with Crippen LogP contribution in [0.2, 0.25) is 5.02 Å². The lowest BCUT2D eigenvalue weighted by Crippen LogP contribution is -2.24. The number of fused-ring (bicyclic) bond motifs is 1. The Balaban J connectivity index is 1.88. The number of aryl methyl sites for hydroxylation is 1. The Bertz CT molecular complexity index is 1380. The third kappa shape index (κ3) is 5.72. The van der Waals surface area contributed by atoms with E-state index in [9.17, 15) is 5.11 Å². The molecule has 1 atom stereocenters. The van der Waals surface area contributed by atoms with Crippen LogP contribution in [0.5, 0.6) is 0 Å². The third-order valence-corrected chi connectivity index (χ3v) is 6.32. The van der Waals surface area contributed by atoms with Gasteiger partial charge >= 0.3 is 0 Å². The van der Waals surface area contributed by atoms with E-state index < -0.39 is 11.7 Å². The Kier molecular flexibility index (Phi) is 7.39. The Hall–Kier alpha value is -3.34. The van der Waals surface area contributed by atoms with Crippen molar-refractivity contribution < 1.29 is 9.84 Å². The van der Waals surface area contributed by atoms with Crippen molar-refractivity contribution in [1.82, 2.24) is 4.98 Å². The zero-order valence-corrected chi connectivity index (χ0v) is 22.3. The number of ether oxygens (including phenoxy) is 1. The summed E-state index contributed by atoms with van der Waals surface area (Å²) in [5.41, 5.74) is 6.29. The summed E-state index contributed by atoms with van der Waals surface area (Å²) < 4.78 is 6.32. The quantitative estimate of drug-likeness (QED) is 0.258. The van der Waals surface area contributed by atoms with Crippen LogP contribution >= 0.6 is 11.6 Å². The Morgan fingerprint density at radius 2 is 1.72 bits per heavy atom. The van der Waals surface area contributed by atoms with Gasteiger partial charge in [0.05, 0.1) is 23.4 Å². The molecular weight excluding hydrogens is 468 g/mol. The molecule has 4 rings (SSSR count). The average molecular weight is 501 g/mol. The molecule has 0 radical (unpaired) electrons. The predicted octanol–water partition coefficient (Wildman–Crippen LogP) is 8.43. The maximum atomic E-state index is 10.6. The van der Waals surface area contributed by atoms with E-state index in [1.807, 2.05) is 70.2 Å². The zero-order valence-electron chi connectivity index (χ0n) is 21.5. The van der Waals surface area contributed by atoms with Crippen LogP contribution in [-0.4, -0.2) is 22.7 Å². The van der Waals surface area contributed by atoms with Crippen molar-refractivity contribution in [2.75, 3.05) is 11.9 Å². The number of rotatable bonds is 7. The normalized spacial score (nSPS) is 12.5. The SMILES string of the molecule is C=C(O)[C@@H](OC(C)(C)C)c1c(C)cc2nc(CN(C)c3ccccc3)ccc2c1-c1ccc(Cl)cc1. The molecule has 0 saturated carbocycles. The monoisotopic (exact) mass is 500 g/mol. The van der Waals surface area contributed by atoms with Gasteiger partial charge in [-0.25, -0.2) is 0 Å². The fraction of sp³-hybridized carbons (Fsp3) is 0.258. The molecule has 4 nitrogen and oxygen atoms in total. The standard InChI is InChI=1S/C31H33ClN2O2/c1-20-18-27-26(17-16-24(33-27)19-34(6)25-10-8-7-9-11-25)29(22-12-14-23(32)15-13-22)28(20)30(21(2)35)36-31(3,4)5/h7-18,30,35H,2,19H2,1,3-6H3/t30-/m1/s1. The minimum absolute atomic E-state index is 0.0309. The van der Waals surface area contributed by atoms with Crippen LogP contribution in [0.15, 0.2) is 85.1 Å². The fourth-order valence-corrected chi connectivity index (χ4v) is 4.61. The highest BCUT2D eigenvalue weighted by Crippen LogP contribution is 2.42. The highest BCUT2D eigenvalue weighted by Gasteiger charge is 2.28. The number of aliphatic hydroxyl groups is 1. The first kappa shape index (κ1) is 25.7. The molecule has 0 saturated heterocycles. The molecule has 0 bridgehead atoms. The summed E-state index contributed by atoms with van der Waals surface area (Å²) in [5.74, 6) is -0.0309. The molecule has 0 spiro atoms. The molecule has 5 heteroatoms. The van der Waals surface area contributed by atoms with Gasteiger partial charge in [0.15, 0.2) is 0 Å². The van der Waals surface area contributed by atoms with E-state index in [1.54, 1.807) is 0 Å². The van der Waals surface area contributed by atoms with E-state index in [4.69, 9.17) is 21.3 Å². The van der Waals surface area contributed by atoms with E-state index in [0.29, 0.717) is 11.6 Å². The zero-order chi connectivity index (χ0) is 26.0. The fourth-order valence-electron chi connectivity index (χ4n) is 4.48. The van der Waals surface area contributed by atoms with E-state index in [-0.39, 0.29) is 5.76 Å². The molecule has 0 aliphatic heterocycles. The predicted molar refractivity (Wildman–Crippen MR) is 151 cm³/mol. The van der Waals surface area contributed by atoms with Crippen molar-refractivity contribution in [3.05, 3.63) is 107 Å². The summed E-state index contributed by atoms with van der Waals surface area (Å²) in [6.07, 6.45) is -0.691. The lowest BCUT2D eigenvalue weighted by atomic mass is 9.88. The maximum Gasteiger partial charge on any atom is 0.140 e. The van der Waals surface area contributed by atoms with Crippen LogP contribution in [0.1, 0.15) is 43.7 Å². The molecule has 4 aromatic rings. The van der Waals surface area contributed by atoms with Crippen molar-refractivity contribution in [2.45, 2.75) is 45.9 Å². The number of anilines is 1. The van der Waals surface area contributed by atoms with Crippen molar-refractivity contribution in [3.8, 4) is 11.1 Å². The largest absolute Gasteiger partial charge is 0.510 e. The van der Waals surface area contributed by atoms with Gasteiger partial charge in [-0.1, -0.05) is 54.6 Å². The smallest absolute Gasteiger partial charge is 0.140 e. The summed E-state index contributed by atoms with van der Waals surface area (Å²) in [7, 11) is 2.07. The van der Waals surface area contributed by atoms with Crippen LogP contribution in [0.3, 0.4) is 0 Å². The number of para-hydroxylation sites is 1. The second-order valence-corrected chi connectivity index (χ2v) is 10.6. The number of nitrogens with zero attached hydrogens (tertiary/aromatic N) is 2. The number of benzene rings is 3. The van der Waals surface area contributed by atoms with Crippen LogP contribution in [-0.2, 0) is 11.3 Å². The van der Waals surface area contributed by atoms with E-state index in [0.717, 1.165) is 44.5 Å². The molecule has 0 fully saturated rings. The minimum atomic E-state index is -0.691. The maximum absolute atomic E-state index is 10.6. The Morgan fingerprint density at radius 3 is 2.33 bits per heavy atom. The summed E-state index contributed by atoms with van der Waals surface area (Å²) >= 11 is 6.21. The number of hydrogen-bond donors (Lipinski definition) is 1. The van der Waals surface area contributed by atoms with Gasteiger partial charge in [-0.3, -0.25) is 4.98 Å². The van der Waals surface area contributed by atoms with Crippen molar-refractivity contribution in [1.29, 1.82) is 0 Å². The van der Waals surface area contributed by atoms with Gasteiger partial charge < -0.3 is 14.7 Å². The first-order chi connectivity index (χ1) is 17.0. The summed E-state index contributed by atoms with van der Waals surface area (Å²) in [4.78, 5) is 7.21. The molecule has 0 aliphatic carbocycles. The van der Waals surface area contributed by atoms with Crippen molar-refractivity contribution in [3.63, 3.8) is 0 Å². The van der Waals surface area contributed by atoms with Gasteiger partial charge in [0.2, 0.25) is 0 Å². The molecule has 36 heavy (non-hydrogen) atoms. The molecule has 0 aliphatic rings. The topological polar surface area (TPSA) is 45.6 Å². The Morgan fingerprint density at radius 1 is 1.06 bits per heavy atom. The number of halogens is 1. The second kappa shape index (κ2) is 10.3. The van der Waals surface area contributed by atoms with Gasteiger partial charge in [0, 0.05) is 23.1 Å². The van der Waals surface area contributed by atoms with E-state index in [1.165, 1.54) is 0 Å². The second-order valence-electron chi connectivity index (χ2n) is 10.2. The first-order valence-electron chi connectivity index (χ1n) is 12.0. The van der Waals surface area contributed by atoms with E-state index in [2.05, 4.69) is 48.9 Å². The highest BCUT2D eigenvalue weighted by atomic mass is 35.5. The molecule has 0 unspecified atom stereocenters. The van der Waals surface area contributed by atoms with Crippen LogP contribution in [0.25, 0.3) is 22.0 Å². The molecule has 186 valence electrons. The lowest BCUT2D eigenvalue weighted by Gasteiger charge is -2.30. The van der Waals surface area contributed by atoms with Gasteiger partial charge in [0.1, 0.15) is 11.9 Å². The van der Waals surface area contributed by atoms with Crippen molar-refractivity contribution in [2.24, 2.45) is 0 Å². The molecule has 3 aromatic carbocycles. The molecular formula is C31H33ClN2O2. The molecule has 0 amide bonds. The van der Waals surface area contributed by atoms with E-state index >= 15 is 0 Å². The summed E-state index contributed by atoms with van der Waals surface area (Å²) in [6, 6.07) is 24.2. The molecule has 1 N–H and O–H groups in total. The van der Waals surface area contributed by atoms with Crippen molar-refractivity contribution >= 4 is 28.2 Å².